The number of rotatable bonds is 2. The van der Waals surface area contributed by atoms with Crippen molar-refractivity contribution in [2.24, 2.45) is 5.92 Å². The molecule has 0 heterocycles. The van der Waals surface area contributed by atoms with Gasteiger partial charge in [-0.3, -0.25) is 0 Å². The summed E-state index contributed by atoms with van der Waals surface area (Å²) < 4.78 is 56.6. The lowest BCUT2D eigenvalue weighted by Gasteiger charge is -2.07. The first-order valence-corrected chi connectivity index (χ1v) is 5.12. The van der Waals surface area contributed by atoms with Crippen LogP contribution in [0.25, 0.3) is 0 Å². The van der Waals surface area contributed by atoms with Crippen LogP contribution in [0.1, 0.15) is 20.8 Å². The molecule has 0 aliphatic heterocycles. The van der Waals surface area contributed by atoms with Crippen molar-refractivity contribution in [1.29, 1.82) is 0 Å². The third-order valence-electron chi connectivity index (χ3n) is 1.57. The Morgan fingerprint density at radius 3 is 1.92 bits per heavy atom. The summed E-state index contributed by atoms with van der Waals surface area (Å²) in [4.78, 5) is 0. The molecule has 0 saturated heterocycles. The second-order valence-corrected chi connectivity index (χ2v) is 4.80. The minimum atomic E-state index is -5.19. The zero-order chi connectivity index (χ0) is 10.9. The molecule has 0 atom stereocenters. The van der Waals surface area contributed by atoms with Crippen LogP contribution in [-0.4, -0.2) is 13.9 Å². The average Bonchev–Trinajstić information content (AvgIpc) is 1.83. The number of sulfone groups is 1. The maximum Gasteiger partial charge on any atom is 0.501 e. The van der Waals surface area contributed by atoms with E-state index in [1.807, 2.05) is 0 Å². The van der Waals surface area contributed by atoms with Gasteiger partial charge in [-0.05, 0) is 12.8 Å². The average molecular weight is 216 g/mol. The van der Waals surface area contributed by atoms with E-state index in [9.17, 15) is 21.6 Å². The quantitative estimate of drug-likeness (QED) is 0.710. The predicted octanol–water partition coefficient (Wildman–Crippen LogP) is 2.48. The van der Waals surface area contributed by atoms with Crippen LogP contribution in [0, 0.1) is 5.92 Å². The molecule has 0 spiro atoms. The Hall–Kier alpha value is -0.520. The van der Waals surface area contributed by atoms with Gasteiger partial charge in [0.2, 0.25) is 0 Å². The van der Waals surface area contributed by atoms with Gasteiger partial charge in [0, 0.05) is 5.41 Å². The third-order valence-corrected chi connectivity index (χ3v) is 2.90. The highest BCUT2D eigenvalue weighted by atomic mass is 32.2. The van der Waals surface area contributed by atoms with E-state index >= 15 is 0 Å². The van der Waals surface area contributed by atoms with E-state index in [1.165, 1.54) is 6.92 Å². The van der Waals surface area contributed by atoms with Crippen molar-refractivity contribution in [1.82, 2.24) is 0 Å². The van der Waals surface area contributed by atoms with Crippen LogP contribution in [0.2, 0.25) is 0 Å². The molecule has 6 heteroatoms. The van der Waals surface area contributed by atoms with Crippen molar-refractivity contribution in [2.75, 3.05) is 0 Å². The normalized spacial score (nSPS) is 15.2. The van der Waals surface area contributed by atoms with Gasteiger partial charge >= 0.3 is 5.51 Å². The SMILES string of the molecule is C/C(=C\S(=O)(=O)C(F)(F)F)C(C)C. The number of alkyl halides is 3. The smallest absolute Gasteiger partial charge is 0.215 e. The zero-order valence-electron chi connectivity index (χ0n) is 7.51. The first-order valence-electron chi connectivity index (χ1n) is 3.57. The lowest BCUT2D eigenvalue weighted by molar-refractivity contribution is -0.0423. The molecule has 0 rings (SSSR count). The number of hydrogen-bond acceptors (Lipinski definition) is 2. The minimum absolute atomic E-state index is 0.192. The van der Waals surface area contributed by atoms with Gasteiger partial charge in [0.05, 0.1) is 0 Å². The van der Waals surface area contributed by atoms with Crippen molar-refractivity contribution in [3.05, 3.63) is 11.0 Å². The Morgan fingerprint density at radius 1 is 1.31 bits per heavy atom. The van der Waals surface area contributed by atoms with Gasteiger partial charge < -0.3 is 0 Å². The number of halogens is 3. The highest BCUT2D eigenvalue weighted by molar-refractivity contribution is 7.95. The Bertz CT molecular complexity index is 298. The van der Waals surface area contributed by atoms with E-state index < -0.39 is 15.3 Å². The zero-order valence-corrected chi connectivity index (χ0v) is 8.33. The van der Waals surface area contributed by atoms with Crippen LogP contribution in [-0.2, 0) is 9.84 Å². The van der Waals surface area contributed by atoms with Crippen molar-refractivity contribution in [3.63, 3.8) is 0 Å². The van der Waals surface area contributed by atoms with Gasteiger partial charge in [-0.1, -0.05) is 19.4 Å². The Balaban J connectivity index is 5.03. The number of allylic oxidation sites excluding steroid dienone is 1. The lowest BCUT2D eigenvalue weighted by Crippen LogP contribution is -2.21. The molecule has 0 radical (unpaired) electrons. The summed E-state index contributed by atoms with van der Waals surface area (Å²) in [6, 6.07) is 0. The minimum Gasteiger partial charge on any atom is -0.215 e. The highest BCUT2D eigenvalue weighted by Gasteiger charge is 2.44. The summed E-state index contributed by atoms with van der Waals surface area (Å²) >= 11 is 0. The van der Waals surface area contributed by atoms with E-state index in [-0.39, 0.29) is 16.9 Å². The molecule has 0 fully saturated rings. The molecule has 0 saturated carbocycles. The van der Waals surface area contributed by atoms with Gasteiger partial charge in [-0.15, -0.1) is 0 Å². The predicted molar refractivity (Wildman–Crippen MR) is 43.6 cm³/mol. The van der Waals surface area contributed by atoms with Crippen LogP contribution >= 0.6 is 0 Å². The maximum atomic E-state index is 11.8. The van der Waals surface area contributed by atoms with Crippen LogP contribution < -0.4 is 0 Å². The third kappa shape index (κ3) is 3.38. The first kappa shape index (κ1) is 12.5. The van der Waals surface area contributed by atoms with Gasteiger partial charge in [0.25, 0.3) is 9.84 Å². The van der Waals surface area contributed by atoms with Crippen LogP contribution in [0.4, 0.5) is 13.2 Å². The Kier molecular flexibility index (Phi) is 3.54. The molecule has 0 aromatic rings. The molecule has 78 valence electrons. The van der Waals surface area contributed by atoms with Crippen LogP contribution in [0.15, 0.2) is 11.0 Å². The molecule has 0 aromatic heterocycles. The maximum absolute atomic E-state index is 11.8. The first-order chi connectivity index (χ1) is 5.58. The molecule has 0 unspecified atom stereocenters. The largest absolute Gasteiger partial charge is 0.501 e. The van der Waals surface area contributed by atoms with Crippen LogP contribution in [0.3, 0.4) is 0 Å². The molecular weight excluding hydrogens is 205 g/mol. The molecule has 13 heavy (non-hydrogen) atoms. The van der Waals surface area contributed by atoms with Crippen molar-refractivity contribution in [2.45, 2.75) is 26.3 Å². The Morgan fingerprint density at radius 2 is 1.69 bits per heavy atom. The van der Waals surface area contributed by atoms with Crippen molar-refractivity contribution < 1.29 is 21.6 Å². The summed E-state index contributed by atoms with van der Waals surface area (Å²) in [6.07, 6.45) is 0. The lowest BCUT2D eigenvalue weighted by atomic mass is 10.1. The Labute approximate surface area is 75.4 Å². The van der Waals surface area contributed by atoms with Crippen LogP contribution in [0.5, 0.6) is 0 Å². The van der Waals surface area contributed by atoms with Gasteiger partial charge in [-0.25, -0.2) is 8.42 Å². The second-order valence-electron chi connectivity index (χ2n) is 3.01. The summed E-state index contributed by atoms with van der Waals surface area (Å²) in [6.45, 7) is 4.60. The van der Waals surface area contributed by atoms with Gasteiger partial charge in [0.15, 0.2) is 0 Å². The summed E-state index contributed by atoms with van der Waals surface area (Å²) in [5.41, 5.74) is -5.00. The standard InChI is InChI=1S/C7H11F3O2S/c1-5(2)6(3)4-13(11,12)7(8,9)10/h4-5H,1-3H3/b6-4+. The molecule has 0 aliphatic carbocycles. The van der Waals surface area contributed by atoms with E-state index in [2.05, 4.69) is 0 Å². The van der Waals surface area contributed by atoms with E-state index in [1.54, 1.807) is 13.8 Å². The van der Waals surface area contributed by atoms with E-state index in [0.29, 0.717) is 0 Å². The topological polar surface area (TPSA) is 34.1 Å². The van der Waals surface area contributed by atoms with E-state index in [0.717, 1.165) is 0 Å². The van der Waals surface area contributed by atoms with E-state index in [4.69, 9.17) is 0 Å². The van der Waals surface area contributed by atoms with Crippen molar-refractivity contribution in [3.8, 4) is 0 Å². The summed E-state index contributed by atoms with van der Waals surface area (Å²) in [5.74, 6) is -0.211. The highest BCUT2D eigenvalue weighted by Crippen LogP contribution is 2.26. The molecule has 0 bridgehead atoms. The van der Waals surface area contributed by atoms with Gasteiger partial charge in [0.1, 0.15) is 0 Å². The molecular formula is C7H11F3O2S. The second kappa shape index (κ2) is 3.69. The van der Waals surface area contributed by atoms with Crippen molar-refractivity contribution >= 4 is 9.84 Å². The summed E-state index contributed by atoms with van der Waals surface area (Å²) in [7, 11) is -5.10. The molecule has 0 aliphatic rings. The molecule has 2 nitrogen and oxygen atoms in total. The fraction of sp³-hybridized carbons (Fsp3) is 0.714. The summed E-state index contributed by atoms with van der Waals surface area (Å²) in [5, 5.41) is 0.275. The fourth-order valence-corrected chi connectivity index (χ4v) is 1.34. The molecule has 0 N–H and O–H groups in total. The number of hydrogen-bond donors (Lipinski definition) is 0. The monoisotopic (exact) mass is 216 g/mol. The fourth-order valence-electron chi connectivity index (χ4n) is 0.448. The molecule has 0 amide bonds. The van der Waals surface area contributed by atoms with Gasteiger partial charge in [-0.2, -0.15) is 13.2 Å². The molecule has 0 aromatic carbocycles.